The van der Waals surface area contributed by atoms with Crippen molar-refractivity contribution >= 4 is 34.7 Å². The fraction of sp³-hybridized carbons (Fsp3) is 0.467. The molecule has 0 aliphatic heterocycles. The zero-order valence-corrected chi connectivity index (χ0v) is 22.2. The number of carbonyl (C=O) groups excluding carboxylic acids is 6. The lowest BCUT2D eigenvalue weighted by atomic mass is 9.41. The second kappa shape index (κ2) is 8.16. The molecule has 38 heavy (non-hydrogen) atoms. The summed E-state index contributed by atoms with van der Waals surface area (Å²) in [4.78, 5) is 86.0. The Bertz CT molecular complexity index is 1400. The molecule has 5 rings (SSSR count). The molecule has 2 fully saturated rings. The number of rotatable bonds is 5. The lowest BCUT2D eigenvalue weighted by molar-refractivity contribution is -0.171. The lowest BCUT2D eigenvalue weighted by Gasteiger charge is -2.57. The first-order chi connectivity index (χ1) is 18.0. The molecule has 8 heteroatoms. The Balaban J connectivity index is 2.02. The Morgan fingerprint density at radius 2 is 1.55 bits per heavy atom. The Hall–Kier alpha value is -3.68. The molecule has 198 valence electrons. The summed E-state index contributed by atoms with van der Waals surface area (Å²) in [6.45, 7) is 6.34. The predicted octanol–water partition coefficient (Wildman–Crippen LogP) is 2.83. The summed E-state index contributed by atoms with van der Waals surface area (Å²) in [6, 6.07) is 0. The van der Waals surface area contributed by atoms with Gasteiger partial charge in [0.15, 0.2) is 28.9 Å². The molecule has 2 saturated carbocycles. The van der Waals surface area contributed by atoms with E-state index < -0.39 is 81.0 Å². The minimum absolute atomic E-state index is 0.0135. The van der Waals surface area contributed by atoms with Crippen molar-refractivity contribution in [2.45, 2.75) is 34.1 Å². The maximum absolute atomic E-state index is 14.7. The van der Waals surface area contributed by atoms with Crippen molar-refractivity contribution in [1.29, 1.82) is 0 Å². The Morgan fingerprint density at radius 1 is 0.921 bits per heavy atom. The minimum atomic E-state index is -1.97. The van der Waals surface area contributed by atoms with Gasteiger partial charge >= 0.3 is 0 Å². The smallest absolute Gasteiger partial charge is 0.206 e. The van der Waals surface area contributed by atoms with Gasteiger partial charge in [-0.15, -0.1) is 0 Å². The van der Waals surface area contributed by atoms with Gasteiger partial charge in [0.1, 0.15) is 5.78 Å². The van der Waals surface area contributed by atoms with Gasteiger partial charge in [0.05, 0.1) is 36.4 Å². The molecule has 0 aromatic carbocycles. The molecule has 0 bridgehead atoms. The third-order valence-electron chi connectivity index (χ3n) is 9.79. The van der Waals surface area contributed by atoms with Crippen LogP contribution in [0, 0.1) is 39.9 Å². The van der Waals surface area contributed by atoms with Crippen molar-refractivity contribution in [2.24, 2.45) is 39.9 Å². The first-order valence-corrected chi connectivity index (χ1v) is 12.7. The van der Waals surface area contributed by atoms with Crippen LogP contribution in [0.15, 0.2) is 59.1 Å². The summed E-state index contributed by atoms with van der Waals surface area (Å²) in [5.41, 5.74) is -5.81. The molecule has 0 radical (unpaired) electrons. The average molecular weight is 519 g/mol. The van der Waals surface area contributed by atoms with Crippen LogP contribution < -0.4 is 0 Å². The molecule has 0 saturated heterocycles. The summed E-state index contributed by atoms with van der Waals surface area (Å²) in [5.74, 6) is -8.57. The van der Waals surface area contributed by atoms with Crippen LogP contribution in [0.1, 0.15) is 34.1 Å². The molecule has 1 unspecified atom stereocenters. The van der Waals surface area contributed by atoms with Crippen molar-refractivity contribution in [2.75, 3.05) is 14.2 Å². The van der Waals surface area contributed by atoms with Gasteiger partial charge in [0.25, 0.3) is 0 Å². The average Bonchev–Trinajstić information content (AvgIpc) is 3.30. The molecular weight excluding hydrogens is 488 g/mol. The van der Waals surface area contributed by atoms with Crippen LogP contribution in [0.2, 0.25) is 0 Å². The molecule has 2 spiro atoms. The van der Waals surface area contributed by atoms with Crippen LogP contribution in [0.4, 0.5) is 0 Å². The van der Waals surface area contributed by atoms with E-state index in [1.54, 1.807) is 38.2 Å². The van der Waals surface area contributed by atoms with E-state index in [1.165, 1.54) is 40.2 Å². The normalized spacial score (nSPS) is 39.9. The Labute approximate surface area is 220 Å². The number of ketones is 6. The van der Waals surface area contributed by atoms with Crippen molar-refractivity contribution in [1.82, 2.24) is 0 Å². The maximum atomic E-state index is 14.7. The van der Waals surface area contributed by atoms with E-state index >= 15 is 0 Å². The monoisotopic (exact) mass is 518 g/mol. The molecule has 8 nitrogen and oxygen atoms in total. The second-order valence-corrected chi connectivity index (χ2v) is 10.9. The summed E-state index contributed by atoms with van der Waals surface area (Å²) >= 11 is 0. The van der Waals surface area contributed by atoms with E-state index in [1.807, 2.05) is 0 Å². The summed E-state index contributed by atoms with van der Waals surface area (Å²) < 4.78 is 10.9. The number of methoxy groups -OCH3 is 2. The van der Waals surface area contributed by atoms with Crippen LogP contribution in [0.5, 0.6) is 0 Å². The third-order valence-corrected chi connectivity index (χ3v) is 9.79. The van der Waals surface area contributed by atoms with E-state index in [2.05, 4.69) is 0 Å². The highest BCUT2D eigenvalue weighted by atomic mass is 16.5. The topological polar surface area (TPSA) is 121 Å². The highest BCUT2D eigenvalue weighted by molar-refractivity contribution is 6.29. The molecule has 5 aliphatic rings. The third kappa shape index (κ3) is 2.38. The van der Waals surface area contributed by atoms with Gasteiger partial charge in [-0.1, -0.05) is 37.3 Å². The summed E-state index contributed by atoms with van der Waals surface area (Å²) in [6.07, 6.45) is 8.94. The number of hydrogen-bond donors (Lipinski definition) is 0. The van der Waals surface area contributed by atoms with E-state index in [-0.39, 0.29) is 22.7 Å². The Kier molecular flexibility index (Phi) is 5.57. The molecule has 0 N–H and O–H groups in total. The van der Waals surface area contributed by atoms with Gasteiger partial charge in [-0.3, -0.25) is 28.8 Å². The van der Waals surface area contributed by atoms with Gasteiger partial charge in [-0.2, -0.15) is 0 Å². The van der Waals surface area contributed by atoms with Crippen LogP contribution in [-0.2, 0) is 38.2 Å². The first kappa shape index (κ1) is 25.9. The number of hydrogen-bond acceptors (Lipinski definition) is 8. The number of allylic oxidation sites excluding steroid dienone is 10. The molecule has 7 atom stereocenters. The van der Waals surface area contributed by atoms with Crippen LogP contribution in [-0.4, -0.2) is 48.9 Å². The van der Waals surface area contributed by atoms with E-state index in [9.17, 15) is 28.8 Å². The largest absolute Gasteiger partial charge is 0.493 e. The minimum Gasteiger partial charge on any atom is -0.493 e. The van der Waals surface area contributed by atoms with Gasteiger partial charge in [-0.25, -0.2) is 0 Å². The molecule has 0 heterocycles. The summed E-state index contributed by atoms with van der Waals surface area (Å²) in [5, 5.41) is 0. The highest BCUT2D eigenvalue weighted by Gasteiger charge is 2.92. The van der Waals surface area contributed by atoms with Crippen molar-refractivity contribution in [3.8, 4) is 0 Å². The van der Waals surface area contributed by atoms with Gasteiger partial charge in [0.2, 0.25) is 11.6 Å². The van der Waals surface area contributed by atoms with Gasteiger partial charge in [-0.05, 0) is 32.8 Å². The van der Waals surface area contributed by atoms with E-state index in [0.717, 1.165) is 0 Å². The van der Waals surface area contributed by atoms with Crippen molar-refractivity contribution < 1.29 is 38.2 Å². The van der Waals surface area contributed by atoms with E-state index in [4.69, 9.17) is 9.47 Å². The zero-order chi connectivity index (χ0) is 27.9. The molecule has 0 amide bonds. The molecule has 0 aromatic rings. The van der Waals surface area contributed by atoms with E-state index in [0.29, 0.717) is 0 Å². The van der Waals surface area contributed by atoms with Crippen LogP contribution >= 0.6 is 0 Å². The fourth-order valence-corrected chi connectivity index (χ4v) is 8.70. The van der Waals surface area contributed by atoms with Gasteiger partial charge < -0.3 is 9.47 Å². The van der Waals surface area contributed by atoms with Crippen molar-refractivity contribution in [3.05, 3.63) is 59.1 Å². The fourth-order valence-electron chi connectivity index (χ4n) is 8.70. The van der Waals surface area contributed by atoms with Crippen LogP contribution in [0.25, 0.3) is 0 Å². The Morgan fingerprint density at radius 3 is 2.16 bits per heavy atom. The van der Waals surface area contributed by atoms with Crippen molar-refractivity contribution in [3.63, 3.8) is 0 Å². The maximum Gasteiger partial charge on any atom is 0.206 e. The number of Topliss-reactive ketones (excluding diaryl/α,β-unsaturated/α-hetero) is 5. The van der Waals surface area contributed by atoms with Crippen LogP contribution in [0.3, 0.4) is 0 Å². The number of ether oxygens (including phenoxy) is 2. The second-order valence-electron chi connectivity index (χ2n) is 10.9. The zero-order valence-electron chi connectivity index (χ0n) is 22.2. The standard InChI is InChI=1S/C30H30O8/c1-7-8-9-10-18(31)20-21-22(33)15(3)23(37-5)26(35)28(21)13-19(32)17-12-11-14(2)29(20)27(36)24(38-6)16(4)25(34)30(17,28)29/h7-12,14,17,20-21H,13H2,1-6H3/b8-7+,10-9+/t14-,17?,20-,21+,28+,29-,30+/m0/s1. The predicted molar refractivity (Wildman–Crippen MR) is 134 cm³/mol. The molecule has 5 aliphatic carbocycles. The highest BCUT2D eigenvalue weighted by Crippen LogP contribution is 2.83. The lowest BCUT2D eigenvalue weighted by Crippen LogP contribution is -2.67. The molecular formula is C30H30O8. The molecule has 0 aromatic heterocycles. The quantitative estimate of drug-likeness (QED) is 0.310. The summed E-state index contributed by atoms with van der Waals surface area (Å²) in [7, 11) is 2.52. The SMILES string of the molecule is C/C=C/C=C/C(=O)[C@H]1[C@@H]2C(=O)C(C)=C(OC)C(=O)[C@@]23CC(=O)C2C=C[C@H](C)[C@@]14C(=O)C(OC)=C(C)C(=O)[C@@]243. The first-order valence-electron chi connectivity index (χ1n) is 12.7. The number of carbonyl (C=O) groups is 6. The van der Waals surface area contributed by atoms with Gasteiger partial charge in [0, 0.05) is 29.4 Å².